The van der Waals surface area contributed by atoms with Gasteiger partial charge in [0.15, 0.2) is 0 Å². The average molecular weight is 482 g/mol. The zero-order chi connectivity index (χ0) is 24.4. The predicted octanol–water partition coefficient (Wildman–Crippen LogP) is 2.70. The standard InChI is InChI=1S/C24H23N3O6S/c1-13-25-19-11-17(5-8-21(19)34-13)27-12-16(10-22(27)29)23(30)26-20(24(31)32)9-15-3-6-18(7-4-15)33-14(2)28/h3-8,11,16,20H,9-10,12H2,1-2H3,(H,26,30)(H,31,32). The molecular weight excluding hydrogens is 458 g/mol. The molecule has 2 N–H and O–H groups in total. The number of rotatable bonds is 7. The summed E-state index contributed by atoms with van der Waals surface area (Å²) in [7, 11) is 0. The van der Waals surface area contributed by atoms with Gasteiger partial charge < -0.3 is 20.1 Å². The highest BCUT2D eigenvalue weighted by atomic mass is 32.1. The molecule has 2 aromatic carbocycles. The van der Waals surface area contributed by atoms with E-state index in [4.69, 9.17) is 4.74 Å². The summed E-state index contributed by atoms with van der Waals surface area (Å²) >= 11 is 1.57. The van der Waals surface area contributed by atoms with Crippen LogP contribution in [-0.4, -0.2) is 46.4 Å². The van der Waals surface area contributed by atoms with Crippen LogP contribution in [0, 0.1) is 12.8 Å². The molecule has 10 heteroatoms. The van der Waals surface area contributed by atoms with Crippen molar-refractivity contribution >= 4 is 51.0 Å². The molecule has 1 aromatic heterocycles. The van der Waals surface area contributed by atoms with Gasteiger partial charge in [0, 0.05) is 32.0 Å². The zero-order valence-electron chi connectivity index (χ0n) is 18.6. The van der Waals surface area contributed by atoms with Crippen LogP contribution in [0.2, 0.25) is 0 Å². The Kier molecular flexibility index (Phi) is 6.60. The van der Waals surface area contributed by atoms with Gasteiger partial charge in [-0.3, -0.25) is 14.4 Å². The van der Waals surface area contributed by atoms with Crippen molar-refractivity contribution < 1.29 is 29.0 Å². The van der Waals surface area contributed by atoms with E-state index in [0.717, 1.165) is 15.2 Å². The van der Waals surface area contributed by atoms with Crippen molar-refractivity contribution in [3.63, 3.8) is 0 Å². The summed E-state index contributed by atoms with van der Waals surface area (Å²) in [5.41, 5.74) is 2.12. The fourth-order valence-electron chi connectivity index (χ4n) is 3.92. The molecule has 1 fully saturated rings. The van der Waals surface area contributed by atoms with Gasteiger partial charge in [-0.1, -0.05) is 12.1 Å². The average Bonchev–Trinajstić information content (AvgIpc) is 3.35. The van der Waals surface area contributed by atoms with E-state index in [1.165, 1.54) is 6.92 Å². The number of benzene rings is 2. The Morgan fingerprint density at radius 3 is 2.65 bits per heavy atom. The second-order valence-electron chi connectivity index (χ2n) is 8.13. The van der Waals surface area contributed by atoms with Gasteiger partial charge in [-0.25, -0.2) is 9.78 Å². The minimum absolute atomic E-state index is 0.00336. The SMILES string of the molecule is CC(=O)Oc1ccc(CC(NC(=O)C2CC(=O)N(c3ccc4sc(C)nc4c3)C2)C(=O)O)cc1. The lowest BCUT2D eigenvalue weighted by molar-refractivity contribution is -0.142. The molecule has 1 saturated heterocycles. The summed E-state index contributed by atoms with van der Waals surface area (Å²) in [6.45, 7) is 3.37. The van der Waals surface area contributed by atoms with E-state index in [1.54, 1.807) is 40.5 Å². The number of nitrogens with one attached hydrogen (secondary N) is 1. The lowest BCUT2D eigenvalue weighted by atomic mass is 10.0. The third-order valence-corrected chi connectivity index (χ3v) is 6.48. The van der Waals surface area contributed by atoms with E-state index in [9.17, 15) is 24.3 Å². The number of aryl methyl sites for hydroxylation is 1. The Morgan fingerprint density at radius 1 is 1.24 bits per heavy atom. The number of ether oxygens (including phenoxy) is 1. The largest absolute Gasteiger partial charge is 0.480 e. The normalized spacial score (nSPS) is 16.5. The molecular formula is C24H23N3O6S. The molecule has 0 spiro atoms. The molecule has 34 heavy (non-hydrogen) atoms. The number of thiazole rings is 1. The number of esters is 1. The molecule has 1 aliphatic heterocycles. The van der Waals surface area contributed by atoms with Gasteiger partial charge in [-0.15, -0.1) is 11.3 Å². The zero-order valence-corrected chi connectivity index (χ0v) is 19.4. The minimum Gasteiger partial charge on any atom is -0.480 e. The molecule has 1 aliphatic rings. The molecule has 176 valence electrons. The number of hydrogen-bond donors (Lipinski definition) is 2. The van der Waals surface area contributed by atoms with Crippen LogP contribution in [0.5, 0.6) is 5.75 Å². The van der Waals surface area contributed by atoms with Crippen LogP contribution in [0.3, 0.4) is 0 Å². The van der Waals surface area contributed by atoms with E-state index >= 15 is 0 Å². The van der Waals surface area contributed by atoms with Crippen molar-refractivity contribution in [2.75, 3.05) is 11.4 Å². The molecule has 2 atom stereocenters. The van der Waals surface area contributed by atoms with Crippen LogP contribution in [0.1, 0.15) is 23.9 Å². The molecule has 9 nitrogen and oxygen atoms in total. The molecule has 0 radical (unpaired) electrons. The van der Waals surface area contributed by atoms with Crippen LogP contribution in [0.15, 0.2) is 42.5 Å². The number of carbonyl (C=O) groups is 4. The minimum atomic E-state index is -1.18. The quantitative estimate of drug-likeness (QED) is 0.392. The summed E-state index contributed by atoms with van der Waals surface area (Å²) in [4.78, 5) is 54.3. The van der Waals surface area contributed by atoms with Crippen LogP contribution in [-0.2, 0) is 25.6 Å². The monoisotopic (exact) mass is 481 g/mol. The molecule has 0 bridgehead atoms. The smallest absolute Gasteiger partial charge is 0.326 e. The van der Waals surface area contributed by atoms with E-state index < -0.39 is 29.8 Å². The van der Waals surface area contributed by atoms with Gasteiger partial charge >= 0.3 is 11.9 Å². The number of aliphatic carboxylic acids is 1. The van der Waals surface area contributed by atoms with Gasteiger partial charge in [0.25, 0.3) is 0 Å². The first-order valence-electron chi connectivity index (χ1n) is 10.7. The van der Waals surface area contributed by atoms with Gasteiger partial charge in [0.2, 0.25) is 11.8 Å². The van der Waals surface area contributed by atoms with Crippen LogP contribution >= 0.6 is 11.3 Å². The van der Waals surface area contributed by atoms with Crippen molar-refractivity contribution in [1.29, 1.82) is 0 Å². The Hall–Kier alpha value is -3.79. The predicted molar refractivity (Wildman–Crippen MR) is 126 cm³/mol. The van der Waals surface area contributed by atoms with Crippen LogP contribution in [0.25, 0.3) is 10.2 Å². The number of carboxylic acids is 1. The van der Waals surface area contributed by atoms with Gasteiger partial charge in [0.05, 0.1) is 21.1 Å². The first kappa shape index (κ1) is 23.4. The first-order valence-corrected chi connectivity index (χ1v) is 11.5. The van der Waals surface area contributed by atoms with Crippen molar-refractivity contribution in [3.8, 4) is 5.75 Å². The number of aromatic nitrogens is 1. The number of nitrogens with zero attached hydrogens (tertiary/aromatic N) is 2. The number of carbonyl (C=O) groups excluding carboxylic acids is 3. The lowest BCUT2D eigenvalue weighted by Crippen LogP contribution is -2.45. The van der Waals surface area contributed by atoms with E-state index in [2.05, 4.69) is 10.3 Å². The summed E-state index contributed by atoms with van der Waals surface area (Å²) in [5.74, 6) is -2.62. The molecule has 4 rings (SSSR count). The Labute approximate surface area is 199 Å². The molecule has 3 aromatic rings. The molecule has 2 heterocycles. The third kappa shape index (κ3) is 5.23. The summed E-state index contributed by atoms with van der Waals surface area (Å²) in [5, 5.41) is 13.1. The van der Waals surface area contributed by atoms with E-state index in [-0.39, 0.29) is 25.3 Å². The third-order valence-electron chi connectivity index (χ3n) is 5.52. The maximum atomic E-state index is 12.8. The second kappa shape index (κ2) is 9.60. The van der Waals surface area contributed by atoms with Gasteiger partial charge in [-0.2, -0.15) is 0 Å². The van der Waals surface area contributed by atoms with Crippen LogP contribution in [0.4, 0.5) is 5.69 Å². The van der Waals surface area contributed by atoms with Crippen molar-refractivity contribution in [3.05, 3.63) is 53.0 Å². The lowest BCUT2D eigenvalue weighted by Gasteiger charge is -2.19. The van der Waals surface area contributed by atoms with E-state index in [0.29, 0.717) is 17.0 Å². The number of anilines is 1. The Morgan fingerprint density at radius 2 is 1.97 bits per heavy atom. The fourth-order valence-corrected chi connectivity index (χ4v) is 4.72. The van der Waals surface area contributed by atoms with Crippen molar-refractivity contribution in [2.45, 2.75) is 32.7 Å². The van der Waals surface area contributed by atoms with Crippen molar-refractivity contribution in [2.24, 2.45) is 5.92 Å². The van der Waals surface area contributed by atoms with Gasteiger partial charge in [0.1, 0.15) is 11.8 Å². The van der Waals surface area contributed by atoms with Crippen molar-refractivity contribution in [1.82, 2.24) is 10.3 Å². The highest BCUT2D eigenvalue weighted by molar-refractivity contribution is 7.18. The molecule has 2 amide bonds. The number of amides is 2. The number of fused-ring (bicyclic) bond motifs is 1. The highest BCUT2D eigenvalue weighted by Gasteiger charge is 2.36. The summed E-state index contributed by atoms with van der Waals surface area (Å²) < 4.78 is 5.99. The van der Waals surface area contributed by atoms with E-state index in [1.807, 2.05) is 25.1 Å². The highest BCUT2D eigenvalue weighted by Crippen LogP contribution is 2.30. The Balaban J connectivity index is 1.41. The first-order chi connectivity index (χ1) is 16.2. The Bertz CT molecular complexity index is 1270. The topological polar surface area (TPSA) is 126 Å². The number of hydrogen-bond acceptors (Lipinski definition) is 7. The maximum Gasteiger partial charge on any atom is 0.326 e. The summed E-state index contributed by atoms with van der Waals surface area (Å²) in [6.07, 6.45) is 0.0506. The van der Waals surface area contributed by atoms with Crippen LogP contribution < -0.4 is 15.0 Å². The number of carboxylic acid groups (broad SMARTS) is 1. The van der Waals surface area contributed by atoms with Gasteiger partial charge in [-0.05, 0) is 42.8 Å². The fraction of sp³-hybridized carbons (Fsp3) is 0.292. The molecule has 0 aliphatic carbocycles. The maximum absolute atomic E-state index is 12.8. The molecule has 0 saturated carbocycles. The summed E-state index contributed by atoms with van der Waals surface area (Å²) in [6, 6.07) is 10.8. The second-order valence-corrected chi connectivity index (χ2v) is 9.37. The molecule has 2 unspecified atom stereocenters.